The van der Waals surface area contributed by atoms with Crippen molar-refractivity contribution in [1.82, 2.24) is 19.7 Å². The van der Waals surface area contributed by atoms with Crippen molar-refractivity contribution in [3.05, 3.63) is 54.0 Å². The molecule has 2 atom stereocenters. The Hall–Kier alpha value is -2.60. The Balaban J connectivity index is 1.58. The normalized spacial score (nSPS) is 20.8. The Bertz CT molecular complexity index is 882. The van der Waals surface area contributed by atoms with Crippen molar-refractivity contribution in [2.75, 3.05) is 19.7 Å². The molecular formula is C18H20N4O2. The largest absolute Gasteiger partial charge is 0.396 e. The molecule has 0 unspecified atom stereocenters. The Morgan fingerprint density at radius 3 is 3.00 bits per heavy atom. The summed E-state index contributed by atoms with van der Waals surface area (Å²) in [6.07, 6.45) is 5.66. The molecule has 1 aliphatic heterocycles. The lowest BCUT2D eigenvalue weighted by Gasteiger charge is -2.16. The van der Waals surface area contributed by atoms with E-state index in [1.165, 1.54) is 0 Å². The summed E-state index contributed by atoms with van der Waals surface area (Å²) in [7, 11) is 1.88. The predicted molar refractivity (Wildman–Crippen MR) is 90.7 cm³/mol. The number of fused-ring (bicyclic) bond motifs is 1. The average molecular weight is 324 g/mol. The van der Waals surface area contributed by atoms with Crippen LogP contribution in [0.2, 0.25) is 0 Å². The van der Waals surface area contributed by atoms with E-state index in [1.807, 2.05) is 54.8 Å². The topological polar surface area (TPSA) is 74.2 Å². The maximum Gasteiger partial charge on any atom is 0.253 e. The lowest BCUT2D eigenvalue weighted by molar-refractivity contribution is 0.0781. The van der Waals surface area contributed by atoms with E-state index in [2.05, 4.69) is 10.1 Å². The summed E-state index contributed by atoms with van der Waals surface area (Å²) in [4.78, 5) is 17.8. The van der Waals surface area contributed by atoms with Crippen LogP contribution in [0.25, 0.3) is 10.9 Å². The lowest BCUT2D eigenvalue weighted by Crippen LogP contribution is -2.29. The number of H-pyrrole nitrogens is 1. The van der Waals surface area contributed by atoms with Crippen LogP contribution in [-0.4, -0.2) is 50.4 Å². The van der Waals surface area contributed by atoms with Crippen LogP contribution >= 0.6 is 0 Å². The fourth-order valence-electron chi connectivity index (χ4n) is 3.59. The van der Waals surface area contributed by atoms with Gasteiger partial charge in [-0.25, -0.2) is 0 Å². The highest BCUT2D eigenvalue weighted by Crippen LogP contribution is 2.33. The predicted octanol–water partition coefficient (Wildman–Crippen LogP) is 1.75. The van der Waals surface area contributed by atoms with Gasteiger partial charge in [-0.1, -0.05) is 6.07 Å². The molecule has 3 aromatic rings. The number of nitrogens with one attached hydrogen (secondary N) is 1. The molecule has 1 fully saturated rings. The third-order valence-electron chi connectivity index (χ3n) is 4.92. The number of benzene rings is 1. The van der Waals surface area contributed by atoms with Crippen molar-refractivity contribution in [2.45, 2.75) is 5.92 Å². The molecule has 3 heterocycles. The molecule has 1 aliphatic rings. The van der Waals surface area contributed by atoms with Crippen molar-refractivity contribution >= 4 is 16.8 Å². The molecule has 2 N–H and O–H groups in total. The molecule has 0 saturated carbocycles. The second-order valence-electron chi connectivity index (χ2n) is 6.49. The van der Waals surface area contributed by atoms with E-state index in [9.17, 15) is 9.90 Å². The quantitative estimate of drug-likeness (QED) is 0.771. The molecule has 6 nitrogen and oxygen atoms in total. The SMILES string of the molecule is Cn1cc([C@@H]2CN(C(=O)c3ccc4cc[nH]c4c3)C[C@H]2CO)cn1. The molecule has 1 saturated heterocycles. The smallest absolute Gasteiger partial charge is 0.253 e. The number of hydrogen-bond donors (Lipinski definition) is 2. The van der Waals surface area contributed by atoms with Gasteiger partial charge in [-0.2, -0.15) is 5.10 Å². The molecule has 1 aromatic carbocycles. The van der Waals surface area contributed by atoms with Gasteiger partial charge in [-0.3, -0.25) is 9.48 Å². The van der Waals surface area contributed by atoms with Crippen LogP contribution in [0, 0.1) is 5.92 Å². The first-order valence-corrected chi connectivity index (χ1v) is 8.11. The molecule has 0 spiro atoms. The Kier molecular flexibility index (Phi) is 3.61. The van der Waals surface area contributed by atoms with Crippen LogP contribution in [0.3, 0.4) is 0 Å². The minimum Gasteiger partial charge on any atom is -0.396 e. The van der Waals surface area contributed by atoms with E-state index in [-0.39, 0.29) is 24.3 Å². The number of aliphatic hydroxyl groups excluding tert-OH is 1. The van der Waals surface area contributed by atoms with Crippen LogP contribution in [0.4, 0.5) is 0 Å². The number of likely N-dealkylation sites (tertiary alicyclic amines) is 1. The fraction of sp³-hybridized carbons (Fsp3) is 0.333. The Labute approximate surface area is 139 Å². The molecule has 24 heavy (non-hydrogen) atoms. The molecule has 0 aliphatic carbocycles. The monoisotopic (exact) mass is 324 g/mol. The third kappa shape index (κ3) is 2.49. The number of rotatable bonds is 3. The van der Waals surface area contributed by atoms with Gasteiger partial charge in [0.1, 0.15) is 0 Å². The third-order valence-corrected chi connectivity index (χ3v) is 4.92. The van der Waals surface area contributed by atoms with Crippen LogP contribution in [0.1, 0.15) is 21.8 Å². The number of aliphatic hydroxyl groups is 1. The zero-order valence-corrected chi connectivity index (χ0v) is 13.5. The number of aryl methyl sites for hydroxylation is 1. The first-order chi connectivity index (χ1) is 11.7. The maximum absolute atomic E-state index is 12.9. The van der Waals surface area contributed by atoms with E-state index < -0.39 is 0 Å². The highest BCUT2D eigenvalue weighted by Gasteiger charge is 2.36. The molecule has 124 valence electrons. The number of carbonyl (C=O) groups is 1. The molecule has 6 heteroatoms. The first kappa shape index (κ1) is 15.0. The van der Waals surface area contributed by atoms with Crippen LogP contribution in [-0.2, 0) is 7.05 Å². The highest BCUT2D eigenvalue weighted by atomic mass is 16.3. The number of nitrogens with zero attached hydrogens (tertiary/aromatic N) is 3. The van der Waals surface area contributed by atoms with Crippen molar-refractivity contribution in [3.8, 4) is 0 Å². The van der Waals surface area contributed by atoms with Crippen LogP contribution in [0.15, 0.2) is 42.9 Å². The van der Waals surface area contributed by atoms with E-state index in [0.717, 1.165) is 16.5 Å². The van der Waals surface area contributed by atoms with Gasteiger partial charge in [0.15, 0.2) is 0 Å². The van der Waals surface area contributed by atoms with Crippen molar-refractivity contribution in [3.63, 3.8) is 0 Å². The van der Waals surface area contributed by atoms with E-state index in [1.54, 1.807) is 4.68 Å². The first-order valence-electron chi connectivity index (χ1n) is 8.11. The van der Waals surface area contributed by atoms with Crippen molar-refractivity contribution in [2.24, 2.45) is 13.0 Å². The minimum atomic E-state index is 0.0105. The molecule has 0 radical (unpaired) electrons. The van der Waals surface area contributed by atoms with Gasteiger partial charge in [-0.15, -0.1) is 0 Å². The van der Waals surface area contributed by atoms with Gasteiger partial charge < -0.3 is 15.0 Å². The number of aromatic amines is 1. The van der Waals surface area contributed by atoms with E-state index in [0.29, 0.717) is 18.7 Å². The van der Waals surface area contributed by atoms with Gasteiger partial charge in [0, 0.05) is 62.1 Å². The Morgan fingerprint density at radius 2 is 2.25 bits per heavy atom. The van der Waals surface area contributed by atoms with Gasteiger partial charge in [0.25, 0.3) is 5.91 Å². The number of amides is 1. The summed E-state index contributed by atoms with van der Waals surface area (Å²) in [6, 6.07) is 7.70. The van der Waals surface area contributed by atoms with E-state index >= 15 is 0 Å². The summed E-state index contributed by atoms with van der Waals surface area (Å²) >= 11 is 0. The second-order valence-corrected chi connectivity index (χ2v) is 6.49. The zero-order chi connectivity index (χ0) is 16.7. The average Bonchev–Trinajstić information content (AvgIpc) is 3.31. The summed E-state index contributed by atoms with van der Waals surface area (Å²) < 4.78 is 1.76. The standard InChI is InChI=1S/C18H20N4O2/c1-21-8-14(7-20-21)16-10-22(9-15(16)11-23)18(24)13-3-2-12-4-5-19-17(12)6-13/h2-8,15-16,19,23H,9-11H2,1H3/t15-,16-/m0/s1. The molecule has 1 amide bonds. The van der Waals surface area contributed by atoms with Gasteiger partial charge in [-0.05, 0) is 29.1 Å². The lowest BCUT2D eigenvalue weighted by atomic mass is 9.92. The van der Waals surface area contributed by atoms with Crippen LogP contribution in [0.5, 0.6) is 0 Å². The highest BCUT2D eigenvalue weighted by molar-refractivity contribution is 5.98. The van der Waals surface area contributed by atoms with Crippen LogP contribution < -0.4 is 0 Å². The van der Waals surface area contributed by atoms with Gasteiger partial charge >= 0.3 is 0 Å². The van der Waals surface area contributed by atoms with Gasteiger partial charge in [0.2, 0.25) is 0 Å². The summed E-state index contributed by atoms with van der Waals surface area (Å²) in [6.45, 7) is 1.25. The molecule has 4 rings (SSSR count). The molecule has 0 bridgehead atoms. The minimum absolute atomic E-state index is 0.0105. The molecule has 2 aromatic heterocycles. The van der Waals surface area contributed by atoms with Crippen molar-refractivity contribution < 1.29 is 9.90 Å². The molecular weight excluding hydrogens is 304 g/mol. The second kappa shape index (κ2) is 5.79. The summed E-state index contributed by atoms with van der Waals surface area (Å²) in [5, 5.41) is 15.0. The number of hydrogen-bond acceptors (Lipinski definition) is 3. The summed E-state index contributed by atoms with van der Waals surface area (Å²) in [5.41, 5.74) is 2.71. The zero-order valence-electron chi connectivity index (χ0n) is 13.5. The fourth-order valence-corrected chi connectivity index (χ4v) is 3.59. The van der Waals surface area contributed by atoms with Gasteiger partial charge in [0.05, 0.1) is 6.20 Å². The number of aromatic nitrogens is 3. The number of carbonyl (C=O) groups excluding carboxylic acids is 1. The van der Waals surface area contributed by atoms with Crippen molar-refractivity contribution in [1.29, 1.82) is 0 Å². The van der Waals surface area contributed by atoms with E-state index in [4.69, 9.17) is 0 Å². The maximum atomic E-state index is 12.9. The Morgan fingerprint density at radius 1 is 1.38 bits per heavy atom. The summed E-state index contributed by atoms with van der Waals surface area (Å²) in [5.74, 6) is 0.186.